The van der Waals surface area contributed by atoms with Crippen LogP contribution in [-0.4, -0.2) is 32.3 Å². The van der Waals surface area contributed by atoms with Crippen LogP contribution in [0.1, 0.15) is 5.56 Å². The number of thioether (sulfide) groups is 1. The Labute approximate surface area is 165 Å². The number of aromatic nitrogens is 1. The van der Waals surface area contributed by atoms with Gasteiger partial charge in [0.15, 0.2) is 0 Å². The van der Waals surface area contributed by atoms with Crippen molar-refractivity contribution in [3.05, 3.63) is 52.8 Å². The van der Waals surface area contributed by atoms with Crippen molar-refractivity contribution in [2.45, 2.75) is 23.3 Å². The average Bonchev–Trinajstić information content (AvgIpc) is 2.97. The Morgan fingerprint density at radius 1 is 1.22 bits per heavy atom. The largest absolute Gasteiger partial charge is 0.468 e. The standard InChI is InChI=1S/C18H18N2O4S3/c1-12-4-7-14(8-5-12)27(22,23)19-18-20(11-17(21)24-2)15-9-6-13(25-3)10-16(15)26-18/h4-10H,11H2,1-3H3. The predicted molar refractivity (Wildman–Crippen MR) is 108 cm³/mol. The number of rotatable bonds is 5. The van der Waals surface area contributed by atoms with Crippen molar-refractivity contribution in [2.75, 3.05) is 13.4 Å². The Morgan fingerprint density at radius 2 is 1.93 bits per heavy atom. The molecule has 0 radical (unpaired) electrons. The maximum absolute atomic E-state index is 12.7. The summed E-state index contributed by atoms with van der Waals surface area (Å²) < 4.78 is 36.6. The van der Waals surface area contributed by atoms with Crippen LogP contribution in [0.5, 0.6) is 0 Å². The molecule has 3 aromatic rings. The van der Waals surface area contributed by atoms with Gasteiger partial charge in [-0.15, -0.1) is 16.2 Å². The molecule has 0 atom stereocenters. The number of fused-ring (bicyclic) bond motifs is 1. The van der Waals surface area contributed by atoms with E-state index in [9.17, 15) is 13.2 Å². The molecule has 0 spiro atoms. The minimum absolute atomic E-state index is 0.111. The van der Waals surface area contributed by atoms with Crippen molar-refractivity contribution in [3.8, 4) is 0 Å². The van der Waals surface area contributed by atoms with Gasteiger partial charge in [-0.1, -0.05) is 29.0 Å². The van der Waals surface area contributed by atoms with E-state index in [1.807, 2.05) is 31.4 Å². The normalized spacial score (nSPS) is 12.5. The number of ether oxygens (including phenoxy) is 1. The summed E-state index contributed by atoms with van der Waals surface area (Å²) in [4.78, 5) is 13.2. The highest BCUT2D eigenvalue weighted by Crippen LogP contribution is 2.24. The molecule has 142 valence electrons. The van der Waals surface area contributed by atoms with Crippen LogP contribution in [0.3, 0.4) is 0 Å². The Morgan fingerprint density at radius 3 is 2.56 bits per heavy atom. The van der Waals surface area contributed by atoms with Crippen LogP contribution in [0.2, 0.25) is 0 Å². The van der Waals surface area contributed by atoms with Crippen LogP contribution in [0.25, 0.3) is 10.2 Å². The van der Waals surface area contributed by atoms with Crippen LogP contribution < -0.4 is 4.80 Å². The summed E-state index contributed by atoms with van der Waals surface area (Å²) in [5, 5.41) is 0. The van der Waals surface area contributed by atoms with Crippen molar-refractivity contribution >= 4 is 49.3 Å². The molecule has 6 nitrogen and oxygen atoms in total. The Kier molecular flexibility index (Phi) is 5.73. The number of carbonyl (C=O) groups excluding carboxylic acids is 1. The van der Waals surface area contributed by atoms with E-state index >= 15 is 0 Å². The van der Waals surface area contributed by atoms with Crippen molar-refractivity contribution < 1.29 is 17.9 Å². The van der Waals surface area contributed by atoms with Crippen molar-refractivity contribution in [3.63, 3.8) is 0 Å². The molecule has 0 aliphatic carbocycles. The molecule has 0 fully saturated rings. The van der Waals surface area contributed by atoms with E-state index in [4.69, 9.17) is 4.74 Å². The van der Waals surface area contributed by atoms with Gasteiger partial charge in [0, 0.05) is 4.90 Å². The second-order valence-corrected chi connectivity index (χ2v) is 9.25. The number of carbonyl (C=O) groups is 1. The summed E-state index contributed by atoms with van der Waals surface area (Å²) in [6.45, 7) is 1.77. The maximum atomic E-state index is 12.7. The van der Waals surface area contributed by atoms with E-state index in [1.165, 1.54) is 30.6 Å². The van der Waals surface area contributed by atoms with E-state index in [2.05, 4.69) is 4.40 Å². The van der Waals surface area contributed by atoms with E-state index < -0.39 is 16.0 Å². The number of hydrogen-bond acceptors (Lipinski definition) is 6. The first-order chi connectivity index (χ1) is 12.8. The molecule has 2 aromatic carbocycles. The van der Waals surface area contributed by atoms with Gasteiger partial charge >= 0.3 is 5.97 Å². The van der Waals surface area contributed by atoms with E-state index in [0.717, 1.165) is 20.7 Å². The van der Waals surface area contributed by atoms with Gasteiger partial charge in [0.2, 0.25) is 4.80 Å². The highest BCUT2D eigenvalue weighted by molar-refractivity contribution is 7.98. The molecule has 1 aromatic heterocycles. The van der Waals surface area contributed by atoms with Crippen LogP contribution >= 0.6 is 23.1 Å². The van der Waals surface area contributed by atoms with E-state index in [0.29, 0.717) is 0 Å². The summed E-state index contributed by atoms with van der Waals surface area (Å²) in [5.41, 5.74) is 1.70. The summed E-state index contributed by atoms with van der Waals surface area (Å²) in [7, 11) is -2.61. The fourth-order valence-electron chi connectivity index (χ4n) is 2.46. The molecule has 0 amide bonds. The summed E-state index contributed by atoms with van der Waals surface area (Å²) in [6.07, 6.45) is 1.96. The van der Waals surface area contributed by atoms with Gasteiger partial charge < -0.3 is 9.30 Å². The van der Waals surface area contributed by atoms with Crippen molar-refractivity contribution in [1.29, 1.82) is 0 Å². The zero-order chi connectivity index (χ0) is 19.6. The molecule has 0 N–H and O–H groups in total. The summed E-state index contributed by atoms with van der Waals surface area (Å²) in [5.74, 6) is -0.474. The fourth-order valence-corrected chi connectivity index (χ4v) is 5.25. The molecule has 0 unspecified atom stereocenters. The van der Waals surface area contributed by atoms with Gasteiger partial charge in [-0.2, -0.15) is 8.42 Å². The second-order valence-electron chi connectivity index (χ2n) is 5.76. The van der Waals surface area contributed by atoms with Gasteiger partial charge in [0.05, 0.1) is 22.2 Å². The minimum atomic E-state index is -3.90. The molecule has 0 saturated carbocycles. The molecule has 9 heteroatoms. The summed E-state index contributed by atoms with van der Waals surface area (Å²) in [6, 6.07) is 12.2. The number of aryl methyl sites for hydroxylation is 1. The molecule has 0 aliphatic heterocycles. The Bertz CT molecular complexity index is 1160. The third-order valence-corrected chi connectivity index (χ3v) is 7.09. The first-order valence-corrected chi connectivity index (χ1v) is 11.4. The topological polar surface area (TPSA) is 77.7 Å². The predicted octanol–water partition coefficient (Wildman–Crippen LogP) is 3.20. The maximum Gasteiger partial charge on any atom is 0.325 e. The first kappa shape index (κ1) is 19.7. The zero-order valence-electron chi connectivity index (χ0n) is 15.0. The highest BCUT2D eigenvalue weighted by Gasteiger charge is 2.16. The number of esters is 1. The lowest BCUT2D eigenvalue weighted by atomic mass is 10.2. The van der Waals surface area contributed by atoms with E-state index in [1.54, 1.807) is 28.5 Å². The fraction of sp³-hybridized carbons (Fsp3) is 0.222. The van der Waals surface area contributed by atoms with Gasteiger partial charge in [0.25, 0.3) is 10.0 Å². The highest BCUT2D eigenvalue weighted by atomic mass is 32.2. The molecular weight excluding hydrogens is 404 g/mol. The number of thiazole rings is 1. The molecule has 0 saturated heterocycles. The molecule has 0 bridgehead atoms. The van der Waals surface area contributed by atoms with Gasteiger partial charge in [-0.05, 0) is 43.5 Å². The van der Waals surface area contributed by atoms with Gasteiger partial charge in [0.1, 0.15) is 6.54 Å². The van der Waals surface area contributed by atoms with Crippen LogP contribution in [0, 0.1) is 6.92 Å². The molecular formula is C18H18N2O4S3. The van der Waals surface area contributed by atoms with Gasteiger partial charge in [-0.25, -0.2) is 0 Å². The summed E-state index contributed by atoms with van der Waals surface area (Å²) >= 11 is 2.81. The quantitative estimate of drug-likeness (QED) is 0.466. The number of benzene rings is 2. The zero-order valence-corrected chi connectivity index (χ0v) is 17.5. The van der Waals surface area contributed by atoms with Crippen LogP contribution in [0.4, 0.5) is 0 Å². The monoisotopic (exact) mass is 422 g/mol. The minimum Gasteiger partial charge on any atom is -0.468 e. The lowest BCUT2D eigenvalue weighted by Crippen LogP contribution is -2.22. The number of methoxy groups -OCH3 is 1. The average molecular weight is 423 g/mol. The number of nitrogens with zero attached hydrogens (tertiary/aromatic N) is 2. The first-order valence-electron chi connectivity index (χ1n) is 7.96. The Balaban J connectivity index is 2.21. The third kappa shape index (κ3) is 4.26. The Hall–Kier alpha value is -2.10. The molecule has 1 heterocycles. The number of sulfonamides is 1. The smallest absolute Gasteiger partial charge is 0.325 e. The van der Waals surface area contributed by atoms with Gasteiger partial charge in [-0.3, -0.25) is 4.79 Å². The number of hydrogen-bond donors (Lipinski definition) is 0. The van der Waals surface area contributed by atoms with Crippen molar-refractivity contribution in [2.24, 2.45) is 4.40 Å². The SMILES string of the molecule is COC(=O)Cn1c(=NS(=O)(=O)c2ccc(C)cc2)sc2cc(SC)ccc21. The van der Waals surface area contributed by atoms with Crippen LogP contribution in [-0.2, 0) is 26.1 Å². The lowest BCUT2D eigenvalue weighted by molar-refractivity contribution is -0.141. The second kappa shape index (κ2) is 7.87. The molecule has 27 heavy (non-hydrogen) atoms. The van der Waals surface area contributed by atoms with Crippen LogP contribution in [0.15, 0.2) is 56.7 Å². The molecule has 0 aliphatic rings. The van der Waals surface area contributed by atoms with E-state index in [-0.39, 0.29) is 16.2 Å². The molecule has 3 rings (SSSR count). The lowest BCUT2D eigenvalue weighted by Gasteiger charge is -2.04. The van der Waals surface area contributed by atoms with Crippen molar-refractivity contribution in [1.82, 2.24) is 4.57 Å². The third-order valence-electron chi connectivity index (χ3n) is 3.92.